The maximum Gasteiger partial charge on any atom is 0.259 e. The maximum atomic E-state index is 14.2. The van der Waals surface area contributed by atoms with E-state index in [9.17, 15) is 18.4 Å². The van der Waals surface area contributed by atoms with E-state index in [4.69, 9.17) is 11.6 Å². The maximum absolute atomic E-state index is 14.2. The van der Waals surface area contributed by atoms with E-state index in [0.29, 0.717) is 24.3 Å². The summed E-state index contributed by atoms with van der Waals surface area (Å²) < 4.78 is 28.9. The molecule has 3 rings (SSSR count). The van der Waals surface area contributed by atoms with Crippen molar-refractivity contribution in [1.82, 2.24) is 14.7 Å². The van der Waals surface area contributed by atoms with Crippen LogP contribution in [0, 0.1) is 11.6 Å². The van der Waals surface area contributed by atoms with E-state index in [1.807, 2.05) is 13.8 Å². The Morgan fingerprint density at radius 1 is 1.10 bits per heavy atom. The van der Waals surface area contributed by atoms with Crippen LogP contribution in [-0.4, -0.2) is 39.6 Å². The molecule has 9 heteroatoms. The second kappa shape index (κ2) is 9.26. The van der Waals surface area contributed by atoms with Crippen LogP contribution in [0.1, 0.15) is 34.6 Å². The van der Waals surface area contributed by atoms with Crippen molar-refractivity contribution in [3.63, 3.8) is 0 Å². The summed E-state index contributed by atoms with van der Waals surface area (Å²) in [6, 6.07) is 7.65. The van der Waals surface area contributed by atoms with Crippen molar-refractivity contribution >= 4 is 29.1 Å². The monoisotopic (exact) mass is 446 g/mol. The first-order valence-electron chi connectivity index (χ1n) is 9.64. The first-order valence-corrected chi connectivity index (χ1v) is 10.0. The molecule has 0 aliphatic carbocycles. The summed E-state index contributed by atoms with van der Waals surface area (Å²) in [6.45, 7) is 4.85. The van der Waals surface area contributed by atoms with E-state index >= 15 is 0 Å². The van der Waals surface area contributed by atoms with Crippen molar-refractivity contribution in [1.29, 1.82) is 0 Å². The van der Waals surface area contributed by atoms with Crippen molar-refractivity contribution in [2.24, 2.45) is 7.05 Å². The summed E-state index contributed by atoms with van der Waals surface area (Å²) >= 11 is 6.28. The van der Waals surface area contributed by atoms with Gasteiger partial charge in [0.15, 0.2) is 0 Å². The number of aryl methyl sites for hydroxylation is 1. The Morgan fingerprint density at radius 2 is 1.81 bits per heavy atom. The van der Waals surface area contributed by atoms with Crippen molar-refractivity contribution in [2.75, 3.05) is 18.4 Å². The Labute approximate surface area is 183 Å². The Hall–Kier alpha value is -3.26. The molecule has 0 unspecified atom stereocenters. The van der Waals surface area contributed by atoms with Crippen LogP contribution in [0.2, 0.25) is 5.02 Å². The molecule has 0 saturated heterocycles. The van der Waals surface area contributed by atoms with Gasteiger partial charge in [0.2, 0.25) is 0 Å². The van der Waals surface area contributed by atoms with E-state index in [2.05, 4.69) is 10.4 Å². The van der Waals surface area contributed by atoms with E-state index in [1.165, 1.54) is 23.0 Å². The number of nitrogens with one attached hydrogen (secondary N) is 1. The molecule has 1 heterocycles. The van der Waals surface area contributed by atoms with Crippen molar-refractivity contribution in [3.8, 4) is 11.3 Å². The van der Waals surface area contributed by atoms with Crippen LogP contribution < -0.4 is 5.32 Å². The van der Waals surface area contributed by atoms with Gasteiger partial charge in [-0.2, -0.15) is 5.10 Å². The second-order valence-corrected chi connectivity index (χ2v) is 7.22. The summed E-state index contributed by atoms with van der Waals surface area (Å²) in [6.07, 6.45) is 1.44. The number of halogens is 3. The van der Waals surface area contributed by atoms with Gasteiger partial charge in [-0.1, -0.05) is 11.6 Å². The molecule has 31 heavy (non-hydrogen) atoms. The smallest absolute Gasteiger partial charge is 0.259 e. The minimum absolute atomic E-state index is 0.00495. The van der Waals surface area contributed by atoms with Gasteiger partial charge < -0.3 is 10.2 Å². The van der Waals surface area contributed by atoms with Gasteiger partial charge in [0.05, 0.1) is 16.1 Å². The largest absolute Gasteiger partial charge is 0.339 e. The predicted molar refractivity (Wildman–Crippen MR) is 115 cm³/mol. The van der Waals surface area contributed by atoms with Gasteiger partial charge in [-0.25, -0.2) is 8.78 Å². The molecule has 0 spiro atoms. The van der Waals surface area contributed by atoms with E-state index in [0.717, 1.165) is 12.1 Å². The fourth-order valence-corrected chi connectivity index (χ4v) is 3.44. The van der Waals surface area contributed by atoms with Crippen LogP contribution >= 0.6 is 11.6 Å². The topological polar surface area (TPSA) is 67.2 Å². The summed E-state index contributed by atoms with van der Waals surface area (Å²) in [5.74, 6) is -2.30. The first kappa shape index (κ1) is 22.4. The van der Waals surface area contributed by atoms with Gasteiger partial charge in [0.25, 0.3) is 11.8 Å². The van der Waals surface area contributed by atoms with E-state index in [-0.39, 0.29) is 27.8 Å². The van der Waals surface area contributed by atoms with Crippen LogP contribution in [0.3, 0.4) is 0 Å². The van der Waals surface area contributed by atoms with Gasteiger partial charge in [0, 0.05) is 43.7 Å². The third kappa shape index (κ3) is 4.74. The van der Waals surface area contributed by atoms with E-state index in [1.54, 1.807) is 24.1 Å². The number of aromatic nitrogens is 2. The van der Waals surface area contributed by atoms with Crippen LogP contribution in [0.25, 0.3) is 11.3 Å². The third-order valence-corrected chi connectivity index (χ3v) is 5.08. The fraction of sp³-hybridized carbons (Fsp3) is 0.227. The molecule has 0 aliphatic rings. The molecule has 0 saturated carbocycles. The van der Waals surface area contributed by atoms with Crippen LogP contribution in [0.5, 0.6) is 0 Å². The molecule has 3 aromatic rings. The molecule has 6 nitrogen and oxygen atoms in total. The highest BCUT2D eigenvalue weighted by Gasteiger charge is 2.21. The van der Waals surface area contributed by atoms with Gasteiger partial charge in [-0.3, -0.25) is 14.3 Å². The number of nitrogens with zero attached hydrogens (tertiary/aromatic N) is 3. The SMILES string of the molecule is CCN(CC)C(=O)c1ccc(NC(=O)c2cn(C)nc2-c2ccc(F)cc2F)cc1Cl. The lowest BCUT2D eigenvalue weighted by Crippen LogP contribution is -2.30. The van der Waals surface area contributed by atoms with E-state index < -0.39 is 17.5 Å². The number of hydrogen-bond acceptors (Lipinski definition) is 3. The summed E-state index contributed by atoms with van der Waals surface area (Å²) in [4.78, 5) is 27.0. The summed E-state index contributed by atoms with van der Waals surface area (Å²) in [5.41, 5.74) is 0.883. The Balaban J connectivity index is 1.88. The zero-order chi connectivity index (χ0) is 22.7. The fourth-order valence-electron chi connectivity index (χ4n) is 3.18. The molecule has 0 fully saturated rings. The Morgan fingerprint density at radius 3 is 2.42 bits per heavy atom. The number of amides is 2. The molecule has 1 aromatic heterocycles. The predicted octanol–water partition coefficient (Wildman–Crippen LogP) is 4.75. The van der Waals surface area contributed by atoms with Gasteiger partial charge in [0.1, 0.15) is 17.3 Å². The van der Waals surface area contributed by atoms with Crippen LogP contribution in [-0.2, 0) is 7.05 Å². The van der Waals surface area contributed by atoms with Crippen LogP contribution in [0.15, 0.2) is 42.6 Å². The highest BCUT2D eigenvalue weighted by Crippen LogP contribution is 2.27. The van der Waals surface area contributed by atoms with Gasteiger partial charge in [-0.05, 0) is 44.2 Å². The number of carbonyl (C=O) groups excluding carboxylic acids is 2. The van der Waals surface area contributed by atoms with Crippen LogP contribution in [0.4, 0.5) is 14.5 Å². The molecular formula is C22H21ClF2N4O2. The minimum atomic E-state index is -0.824. The lowest BCUT2D eigenvalue weighted by molar-refractivity contribution is 0.0773. The van der Waals surface area contributed by atoms with Gasteiger partial charge in [-0.15, -0.1) is 0 Å². The van der Waals surface area contributed by atoms with Gasteiger partial charge >= 0.3 is 0 Å². The first-order chi connectivity index (χ1) is 14.7. The zero-order valence-corrected chi connectivity index (χ0v) is 18.0. The highest BCUT2D eigenvalue weighted by atomic mass is 35.5. The second-order valence-electron chi connectivity index (χ2n) is 6.82. The quantitative estimate of drug-likeness (QED) is 0.594. The van der Waals surface area contributed by atoms with Crippen molar-refractivity contribution < 1.29 is 18.4 Å². The number of carbonyl (C=O) groups is 2. The summed E-state index contributed by atoms with van der Waals surface area (Å²) in [5, 5.41) is 7.02. The molecule has 2 aromatic carbocycles. The lowest BCUT2D eigenvalue weighted by Gasteiger charge is -2.19. The molecule has 0 aliphatic heterocycles. The highest BCUT2D eigenvalue weighted by molar-refractivity contribution is 6.34. The molecule has 2 amide bonds. The number of hydrogen-bond donors (Lipinski definition) is 1. The Bertz CT molecular complexity index is 1140. The average molecular weight is 447 g/mol. The van der Waals surface area contributed by atoms with Crippen molar-refractivity contribution in [3.05, 3.63) is 70.4 Å². The Kier molecular flexibility index (Phi) is 6.70. The third-order valence-electron chi connectivity index (χ3n) is 4.77. The molecule has 0 radical (unpaired) electrons. The normalized spacial score (nSPS) is 10.8. The van der Waals surface area contributed by atoms with Crippen molar-refractivity contribution in [2.45, 2.75) is 13.8 Å². The molecule has 162 valence electrons. The number of rotatable bonds is 6. The average Bonchev–Trinajstić information content (AvgIpc) is 3.10. The minimum Gasteiger partial charge on any atom is -0.339 e. The molecule has 0 bridgehead atoms. The number of benzene rings is 2. The number of anilines is 1. The molecule has 0 atom stereocenters. The molecular weight excluding hydrogens is 426 g/mol. The lowest BCUT2D eigenvalue weighted by atomic mass is 10.1. The zero-order valence-electron chi connectivity index (χ0n) is 17.2. The summed E-state index contributed by atoms with van der Waals surface area (Å²) in [7, 11) is 1.59. The molecule has 1 N–H and O–H groups in total. The standard InChI is InChI=1S/C22H21ClF2N4O2/c1-4-29(5-2)22(31)15-9-7-14(11-18(15)23)26-21(30)17-12-28(3)27-20(17)16-8-6-13(24)10-19(16)25/h6-12H,4-5H2,1-3H3,(H,26,30).